The van der Waals surface area contributed by atoms with E-state index in [-0.39, 0.29) is 36.3 Å². The summed E-state index contributed by atoms with van der Waals surface area (Å²) in [7, 11) is 4.79. The van der Waals surface area contributed by atoms with Crippen LogP contribution >= 0.6 is 0 Å². The highest BCUT2D eigenvalue weighted by Gasteiger charge is 2.49. The highest BCUT2D eigenvalue weighted by molar-refractivity contribution is 5.74. The number of aliphatic hydroxyl groups excluding tert-OH is 2. The van der Waals surface area contributed by atoms with E-state index in [1.165, 1.54) is 22.9 Å². The minimum atomic E-state index is -1.61. The smallest absolute Gasteiger partial charge is 0.410 e. The monoisotopic (exact) mass is 612 g/mol. The molecule has 2 aromatic rings. The fourth-order valence-corrected chi connectivity index (χ4v) is 6.09. The number of halogens is 3. The summed E-state index contributed by atoms with van der Waals surface area (Å²) in [5.41, 5.74) is -0.0505. The highest BCUT2D eigenvalue weighted by Crippen LogP contribution is 2.36. The van der Waals surface area contributed by atoms with Gasteiger partial charge in [0.05, 0.1) is 25.5 Å². The molecule has 1 aromatic carbocycles. The molecule has 3 aliphatic heterocycles. The number of hydrogen-bond acceptors (Lipinski definition) is 9. The van der Waals surface area contributed by atoms with Crippen LogP contribution in [-0.4, -0.2) is 136 Å². The van der Waals surface area contributed by atoms with E-state index < -0.39 is 66.7 Å². The van der Waals surface area contributed by atoms with Gasteiger partial charge in [-0.15, -0.1) is 5.10 Å². The number of piperidine rings is 1. The number of cyclic esters (lactones) is 1. The van der Waals surface area contributed by atoms with Crippen molar-refractivity contribution in [2.75, 3.05) is 47.4 Å². The van der Waals surface area contributed by atoms with Crippen LogP contribution in [0, 0.1) is 17.5 Å². The SMILES string of the molecule is CO[C@@H]1[C@@H](n2cc(-c3cc(F)c(F)c(F)c3)nn2)[C@@H](O)[C@@H](CO)O[C@@H]1C[C@@H]1CN(C2CCN(C(=O)N(C)C)CC2)C(=O)O1. The molecule has 2 N–H and O–H groups in total. The molecule has 236 valence electrons. The molecule has 3 fully saturated rings. The molecule has 1 aromatic heterocycles. The molecule has 4 heterocycles. The predicted molar refractivity (Wildman–Crippen MR) is 142 cm³/mol. The Labute approximate surface area is 245 Å². The second kappa shape index (κ2) is 12.6. The normalized spacial score (nSPS) is 28.3. The molecular weight excluding hydrogens is 577 g/mol. The molecule has 13 nitrogen and oxygen atoms in total. The van der Waals surface area contributed by atoms with Gasteiger partial charge in [-0.25, -0.2) is 27.4 Å². The van der Waals surface area contributed by atoms with Gasteiger partial charge in [0.1, 0.15) is 36.2 Å². The fraction of sp³-hybridized carbons (Fsp3) is 0.630. The Morgan fingerprint density at radius 2 is 1.84 bits per heavy atom. The third kappa shape index (κ3) is 6.14. The van der Waals surface area contributed by atoms with Crippen molar-refractivity contribution < 1.29 is 47.2 Å². The second-order valence-corrected chi connectivity index (χ2v) is 11.2. The number of hydrogen-bond donors (Lipinski definition) is 2. The number of amides is 3. The van der Waals surface area contributed by atoms with Crippen LogP contribution in [0.25, 0.3) is 11.3 Å². The fourth-order valence-electron chi connectivity index (χ4n) is 6.09. The van der Waals surface area contributed by atoms with E-state index in [2.05, 4.69) is 10.3 Å². The van der Waals surface area contributed by atoms with Crippen LogP contribution in [0.2, 0.25) is 0 Å². The number of rotatable bonds is 7. The first-order chi connectivity index (χ1) is 20.5. The lowest BCUT2D eigenvalue weighted by atomic mass is 9.89. The highest BCUT2D eigenvalue weighted by atomic mass is 19.2. The van der Waals surface area contributed by atoms with Crippen LogP contribution in [0.15, 0.2) is 18.3 Å². The maximum absolute atomic E-state index is 13.8. The maximum atomic E-state index is 13.8. The number of likely N-dealkylation sites (tertiary alicyclic amines) is 1. The van der Waals surface area contributed by atoms with E-state index in [1.807, 2.05) is 0 Å². The lowest BCUT2D eigenvalue weighted by Gasteiger charge is -2.44. The molecule has 0 unspecified atom stereocenters. The van der Waals surface area contributed by atoms with Gasteiger partial charge in [0.2, 0.25) is 0 Å². The zero-order valence-electron chi connectivity index (χ0n) is 24.0. The summed E-state index contributed by atoms with van der Waals surface area (Å²) in [6.07, 6.45) is -2.32. The number of methoxy groups -OCH3 is 1. The summed E-state index contributed by atoms with van der Waals surface area (Å²) < 4.78 is 59.7. The van der Waals surface area contributed by atoms with Crippen molar-refractivity contribution in [3.05, 3.63) is 35.8 Å². The van der Waals surface area contributed by atoms with Crippen LogP contribution in [0.3, 0.4) is 0 Å². The average Bonchev–Trinajstić information content (AvgIpc) is 3.62. The lowest BCUT2D eigenvalue weighted by molar-refractivity contribution is -0.217. The first kappa shape index (κ1) is 31.0. The van der Waals surface area contributed by atoms with Gasteiger partial charge in [0.25, 0.3) is 0 Å². The Morgan fingerprint density at radius 1 is 1.16 bits per heavy atom. The molecule has 5 rings (SSSR count). The number of benzene rings is 1. The molecule has 0 saturated carbocycles. The van der Waals surface area contributed by atoms with Gasteiger partial charge in [-0.05, 0) is 25.0 Å². The van der Waals surface area contributed by atoms with Crippen molar-refractivity contribution in [2.45, 2.75) is 61.9 Å². The van der Waals surface area contributed by atoms with Crippen LogP contribution < -0.4 is 0 Å². The Balaban J connectivity index is 1.29. The van der Waals surface area contributed by atoms with Gasteiger partial charge >= 0.3 is 12.1 Å². The minimum absolute atomic E-state index is 0.0159. The zero-order chi connectivity index (χ0) is 31.0. The summed E-state index contributed by atoms with van der Waals surface area (Å²) in [6.45, 7) is 0.778. The number of carbonyl (C=O) groups is 2. The first-order valence-electron chi connectivity index (χ1n) is 14.0. The summed E-state index contributed by atoms with van der Waals surface area (Å²) in [5.74, 6) is -4.39. The predicted octanol–water partition coefficient (Wildman–Crippen LogP) is 1.40. The standard InChI is InChI=1S/C27H35F3N6O7/c1-33(2)26(39)34-6-4-15(5-7-34)35-11-16(42-27(35)40)10-20-25(41-3)23(24(38)21(13-37)43-20)36-12-19(31-32-36)14-8-17(28)22(30)18(29)9-14/h8-9,12,15-16,20-21,23-25,37-38H,4-7,10-11,13H2,1-3H3/t16-,20-,21-,23+,24+,25+/m1/s1. The number of aliphatic hydroxyl groups is 2. The maximum Gasteiger partial charge on any atom is 0.410 e. The minimum Gasteiger partial charge on any atom is -0.444 e. The number of aromatic nitrogens is 3. The van der Waals surface area contributed by atoms with Crippen molar-refractivity contribution in [3.8, 4) is 11.3 Å². The van der Waals surface area contributed by atoms with Crippen molar-refractivity contribution in [1.29, 1.82) is 0 Å². The molecule has 3 amide bonds. The van der Waals surface area contributed by atoms with Crippen molar-refractivity contribution in [2.24, 2.45) is 0 Å². The van der Waals surface area contributed by atoms with E-state index >= 15 is 0 Å². The molecule has 0 aliphatic carbocycles. The van der Waals surface area contributed by atoms with Gasteiger partial charge in [0, 0.05) is 52.3 Å². The van der Waals surface area contributed by atoms with Gasteiger partial charge in [-0.3, -0.25) is 0 Å². The van der Waals surface area contributed by atoms with E-state index in [1.54, 1.807) is 23.9 Å². The van der Waals surface area contributed by atoms with Gasteiger partial charge in [0.15, 0.2) is 17.5 Å². The molecule has 3 saturated heterocycles. The lowest BCUT2D eigenvalue weighted by Crippen LogP contribution is -2.57. The molecule has 43 heavy (non-hydrogen) atoms. The third-order valence-corrected chi connectivity index (χ3v) is 8.29. The molecule has 0 radical (unpaired) electrons. The van der Waals surface area contributed by atoms with Crippen LogP contribution in [0.4, 0.5) is 22.8 Å². The van der Waals surface area contributed by atoms with Crippen LogP contribution in [0.5, 0.6) is 0 Å². The van der Waals surface area contributed by atoms with Crippen molar-refractivity contribution in [3.63, 3.8) is 0 Å². The number of ether oxygens (including phenoxy) is 3. The molecule has 0 bridgehead atoms. The topological polar surface area (TPSA) is 143 Å². The first-order valence-corrected chi connectivity index (χ1v) is 14.0. The van der Waals surface area contributed by atoms with E-state index in [9.17, 15) is 33.0 Å². The summed E-state index contributed by atoms with van der Waals surface area (Å²) in [5, 5.41) is 29.0. The van der Waals surface area contributed by atoms with Gasteiger partial charge < -0.3 is 39.1 Å². The number of urea groups is 1. The Morgan fingerprint density at radius 3 is 2.44 bits per heavy atom. The van der Waals surface area contributed by atoms with E-state index in [4.69, 9.17) is 14.2 Å². The quantitative estimate of drug-likeness (QED) is 0.444. The summed E-state index contributed by atoms with van der Waals surface area (Å²) in [4.78, 5) is 30.0. The molecule has 6 atom stereocenters. The van der Waals surface area contributed by atoms with Crippen LogP contribution in [-0.2, 0) is 14.2 Å². The Hall–Kier alpha value is -3.47. The molecule has 0 spiro atoms. The number of carbonyl (C=O) groups excluding carboxylic acids is 2. The second-order valence-electron chi connectivity index (χ2n) is 11.2. The summed E-state index contributed by atoms with van der Waals surface area (Å²) in [6, 6.07) is 0.439. The Kier molecular flexibility index (Phi) is 9.10. The van der Waals surface area contributed by atoms with E-state index in [0.29, 0.717) is 25.9 Å². The van der Waals surface area contributed by atoms with Gasteiger partial charge in [-0.1, -0.05) is 5.21 Å². The third-order valence-electron chi connectivity index (χ3n) is 8.29. The van der Waals surface area contributed by atoms with Crippen molar-refractivity contribution >= 4 is 12.1 Å². The number of nitrogens with zero attached hydrogens (tertiary/aromatic N) is 6. The van der Waals surface area contributed by atoms with Gasteiger partial charge in [-0.2, -0.15) is 0 Å². The molecular formula is C27H35F3N6O7. The van der Waals surface area contributed by atoms with Crippen LogP contribution in [0.1, 0.15) is 25.3 Å². The molecule has 16 heteroatoms. The zero-order valence-corrected chi connectivity index (χ0v) is 24.0. The molecule has 3 aliphatic rings. The summed E-state index contributed by atoms with van der Waals surface area (Å²) >= 11 is 0. The average molecular weight is 613 g/mol. The van der Waals surface area contributed by atoms with Crippen molar-refractivity contribution in [1.82, 2.24) is 29.7 Å². The van der Waals surface area contributed by atoms with E-state index in [0.717, 1.165) is 12.1 Å². The Bertz CT molecular complexity index is 1300. The largest absolute Gasteiger partial charge is 0.444 e.